The summed E-state index contributed by atoms with van der Waals surface area (Å²) in [5, 5.41) is 10.3. The molecule has 2 heterocycles. The topological polar surface area (TPSA) is 73.0 Å². The Hall–Kier alpha value is -2.62. The van der Waals surface area contributed by atoms with Crippen molar-refractivity contribution in [2.75, 3.05) is 5.32 Å². The second kappa shape index (κ2) is 6.94. The fraction of sp³-hybridized carbons (Fsp3) is 0.188. The summed E-state index contributed by atoms with van der Waals surface area (Å²) in [5.41, 5.74) is 0.0562. The summed E-state index contributed by atoms with van der Waals surface area (Å²) in [6.45, 7) is 1.88. The normalized spacial score (nSPS) is 11.6. The molecule has 0 aliphatic heterocycles. The van der Waals surface area contributed by atoms with Crippen molar-refractivity contribution in [1.82, 2.24) is 14.9 Å². The van der Waals surface area contributed by atoms with Crippen LogP contribution in [-0.2, 0) is 12.6 Å². The molecule has 0 aliphatic carbocycles. The van der Waals surface area contributed by atoms with E-state index in [0.29, 0.717) is 16.6 Å². The molecule has 3 rings (SSSR count). The van der Waals surface area contributed by atoms with Crippen LogP contribution >= 0.6 is 15.9 Å². The summed E-state index contributed by atoms with van der Waals surface area (Å²) >= 11 is 3.28. The Balaban J connectivity index is 1.81. The highest BCUT2D eigenvalue weighted by atomic mass is 79.9. The van der Waals surface area contributed by atoms with Crippen LogP contribution in [0.15, 0.2) is 45.5 Å². The van der Waals surface area contributed by atoms with Crippen molar-refractivity contribution in [3.8, 4) is 5.69 Å². The van der Waals surface area contributed by atoms with E-state index in [2.05, 4.69) is 31.5 Å². The zero-order valence-electron chi connectivity index (χ0n) is 13.3. The number of rotatable bonds is 4. The predicted molar refractivity (Wildman–Crippen MR) is 90.1 cm³/mol. The molecule has 10 heteroatoms. The highest BCUT2D eigenvalue weighted by Gasteiger charge is 2.30. The number of carbonyl (C=O) groups is 1. The third-order valence-corrected chi connectivity index (χ3v) is 4.34. The van der Waals surface area contributed by atoms with Gasteiger partial charge in [0.05, 0.1) is 16.9 Å². The lowest BCUT2D eigenvalue weighted by atomic mass is 10.2. The summed E-state index contributed by atoms with van der Waals surface area (Å²) in [7, 11) is 0. The lowest BCUT2D eigenvalue weighted by Crippen LogP contribution is -2.13. The van der Waals surface area contributed by atoms with Crippen LogP contribution in [-0.4, -0.2) is 20.8 Å². The first kappa shape index (κ1) is 18.2. The fourth-order valence-electron chi connectivity index (χ4n) is 2.19. The number of amides is 1. The Bertz CT molecular complexity index is 949. The van der Waals surface area contributed by atoms with Gasteiger partial charge in [-0.25, -0.2) is 4.68 Å². The van der Waals surface area contributed by atoms with Crippen LogP contribution in [0, 0.1) is 0 Å². The van der Waals surface area contributed by atoms with Gasteiger partial charge in [0, 0.05) is 6.20 Å². The molecule has 136 valence electrons. The van der Waals surface area contributed by atoms with E-state index >= 15 is 0 Å². The number of nitrogens with one attached hydrogen (secondary N) is 1. The van der Waals surface area contributed by atoms with E-state index in [1.807, 2.05) is 6.92 Å². The molecule has 3 aromatic rings. The van der Waals surface area contributed by atoms with Crippen LogP contribution in [0.3, 0.4) is 0 Å². The Morgan fingerprint density at radius 2 is 2.12 bits per heavy atom. The number of carbonyl (C=O) groups excluding carboxylic acids is 1. The Labute approximate surface area is 154 Å². The molecule has 0 unspecified atom stereocenters. The molecule has 1 N–H and O–H groups in total. The largest absolute Gasteiger partial charge is 0.416 e. The van der Waals surface area contributed by atoms with Gasteiger partial charge in [-0.3, -0.25) is 10.1 Å². The van der Waals surface area contributed by atoms with Crippen molar-refractivity contribution in [1.29, 1.82) is 0 Å². The van der Waals surface area contributed by atoms with E-state index in [4.69, 9.17) is 4.52 Å². The van der Waals surface area contributed by atoms with Crippen molar-refractivity contribution in [3.63, 3.8) is 0 Å². The molecule has 1 aromatic carbocycles. The molecule has 0 saturated heterocycles. The number of aromatic nitrogens is 3. The lowest BCUT2D eigenvalue weighted by Gasteiger charge is -2.08. The van der Waals surface area contributed by atoms with Crippen LogP contribution in [0.25, 0.3) is 5.69 Å². The monoisotopic (exact) mass is 428 g/mol. The van der Waals surface area contributed by atoms with Gasteiger partial charge in [-0.1, -0.05) is 18.1 Å². The van der Waals surface area contributed by atoms with Crippen molar-refractivity contribution >= 4 is 27.7 Å². The van der Waals surface area contributed by atoms with E-state index in [-0.39, 0.29) is 17.3 Å². The van der Waals surface area contributed by atoms with Crippen LogP contribution in [0.1, 0.15) is 28.7 Å². The zero-order valence-corrected chi connectivity index (χ0v) is 14.9. The first-order chi connectivity index (χ1) is 12.3. The van der Waals surface area contributed by atoms with Gasteiger partial charge in [-0.15, -0.1) is 0 Å². The minimum Gasteiger partial charge on any atom is -0.337 e. The van der Waals surface area contributed by atoms with Gasteiger partial charge in [0.2, 0.25) is 5.88 Å². The highest BCUT2D eigenvalue weighted by molar-refractivity contribution is 9.10. The van der Waals surface area contributed by atoms with Crippen LogP contribution in [0.4, 0.5) is 19.1 Å². The second-order valence-corrected chi connectivity index (χ2v) is 6.07. The summed E-state index contributed by atoms with van der Waals surface area (Å²) in [6.07, 6.45) is -2.44. The Kier molecular flexibility index (Phi) is 4.86. The van der Waals surface area contributed by atoms with Crippen LogP contribution in [0.2, 0.25) is 0 Å². The highest BCUT2D eigenvalue weighted by Crippen LogP contribution is 2.30. The number of benzene rings is 1. The van der Waals surface area contributed by atoms with Gasteiger partial charge < -0.3 is 4.52 Å². The van der Waals surface area contributed by atoms with Gasteiger partial charge >= 0.3 is 6.18 Å². The number of hydrogen-bond acceptors (Lipinski definition) is 4. The smallest absolute Gasteiger partial charge is 0.337 e. The zero-order chi connectivity index (χ0) is 18.9. The number of hydrogen-bond donors (Lipinski definition) is 1. The molecule has 0 bridgehead atoms. The molecule has 0 atom stereocenters. The molecule has 6 nitrogen and oxygen atoms in total. The molecule has 0 fully saturated rings. The third-order valence-electron chi connectivity index (χ3n) is 3.52. The molecule has 0 aliphatic rings. The molecule has 1 amide bonds. The van der Waals surface area contributed by atoms with Crippen molar-refractivity contribution in [2.45, 2.75) is 19.5 Å². The van der Waals surface area contributed by atoms with E-state index in [0.717, 1.165) is 12.1 Å². The SMILES string of the molecule is CCc1noc(NC(=O)c2ccn(-c3cccc(C(F)(F)F)c3)n2)c1Br. The van der Waals surface area contributed by atoms with Gasteiger partial charge in [0.1, 0.15) is 4.47 Å². The average molecular weight is 429 g/mol. The summed E-state index contributed by atoms with van der Waals surface area (Å²) in [5.74, 6) is -0.435. The summed E-state index contributed by atoms with van der Waals surface area (Å²) in [4.78, 5) is 12.3. The maximum atomic E-state index is 12.8. The fourth-order valence-corrected chi connectivity index (χ4v) is 2.71. The Morgan fingerprint density at radius 3 is 2.77 bits per heavy atom. The van der Waals surface area contributed by atoms with Crippen LogP contribution < -0.4 is 5.32 Å². The first-order valence-electron chi connectivity index (χ1n) is 7.48. The average Bonchev–Trinajstić information content (AvgIpc) is 3.22. The van der Waals surface area contributed by atoms with Gasteiger partial charge in [-0.2, -0.15) is 18.3 Å². The first-order valence-corrected chi connectivity index (χ1v) is 8.27. The number of nitrogens with zero attached hydrogens (tertiary/aromatic N) is 3. The third kappa shape index (κ3) is 3.64. The molecule has 0 radical (unpaired) electrons. The Morgan fingerprint density at radius 1 is 1.35 bits per heavy atom. The van der Waals surface area contributed by atoms with E-state index in [1.54, 1.807) is 0 Å². The maximum absolute atomic E-state index is 12.8. The summed E-state index contributed by atoms with van der Waals surface area (Å²) < 4.78 is 45.2. The minimum absolute atomic E-state index is 0.0174. The lowest BCUT2D eigenvalue weighted by molar-refractivity contribution is -0.137. The second-order valence-electron chi connectivity index (χ2n) is 5.27. The minimum atomic E-state index is -4.46. The number of halogens is 4. The molecule has 26 heavy (non-hydrogen) atoms. The molecular weight excluding hydrogens is 417 g/mol. The van der Waals surface area contributed by atoms with Crippen LogP contribution in [0.5, 0.6) is 0 Å². The number of aryl methyl sites for hydroxylation is 1. The van der Waals surface area contributed by atoms with E-state index in [9.17, 15) is 18.0 Å². The molecular formula is C16H12BrF3N4O2. The molecule has 2 aromatic heterocycles. The van der Waals surface area contributed by atoms with Crippen molar-refractivity contribution in [3.05, 3.63) is 58.0 Å². The van der Waals surface area contributed by atoms with E-state index in [1.165, 1.54) is 29.1 Å². The van der Waals surface area contributed by atoms with Gasteiger partial charge in [0.15, 0.2) is 5.69 Å². The maximum Gasteiger partial charge on any atom is 0.416 e. The van der Waals surface area contributed by atoms with E-state index < -0.39 is 17.6 Å². The standard InChI is InChI=1S/C16H12BrF3N4O2/c1-2-11-13(17)15(26-23-11)21-14(25)12-6-7-24(22-12)10-5-3-4-9(8-10)16(18,19)20/h3-8H,2H2,1H3,(H,21,25). The number of alkyl halides is 3. The van der Waals surface area contributed by atoms with Gasteiger partial charge in [0.25, 0.3) is 5.91 Å². The summed E-state index contributed by atoms with van der Waals surface area (Å²) in [6, 6.07) is 6.05. The number of anilines is 1. The van der Waals surface area contributed by atoms with Crippen molar-refractivity contribution in [2.24, 2.45) is 0 Å². The van der Waals surface area contributed by atoms with Gasteiger partial charge in [-0.05, 0) is 46.6 Å². The molecule has 0 saturated carbocycles. The molecule has 0 spiro atoms. The predicted octanol–water partition coefficient (Wildman–Crippen LogP) is 4.46. The quantitative estimate of drug-likeness (QED) is 0.665. The van der Waals surface area contributed by atoms with Crippen molar-refractivity contribution < 1.29 is 22.5 Å².